The molecule has 2 bridgehead atoms. The van der Waals surface area contributed by atoms with Crippen molar-refractivity contribution in [1.29, 1.82) is 0 Å². The molecule has 1 unspecified atom stereocenters. The quantitative estimate of drug-likeness (QED) is 0.329. The lowest BCUT2D eigenvalue weighted by Gasteiger charge is -2.31. The second kappa shape index (κ2) is 12.3. The number of amides is 2. The second-order valence-electron chi connectivity index (χ2n) is 11.6. The molecule has 2 aromatic carbocycles. The normalized spacial score (nSPS) is 27.4. The molecule has 0 aromatic heterocycles. The topological polar surface area (TPSA) is 122 Å². The van der Waals surface area contributed by atoms with Crippen molar-refractivity contribution in [3.05, 3.63) is 53.3 Å². The number of hydrogen-bond donors (Lipinski definition) is 3. The van der Waals surface area contributed by atoms with Crippen LogP contribution in [0.4, 0.5) is 23.2 Å². The van der Waals surface area contributed by atoms with Crippen LogP contribution in [0.25, 0.3) is 0 Å². The van der Waals surface area contributed by atoms with Crippen molar-refractivity contribution >= 4 is 34.3 Å². The number of benzene rings is 2. The molecule has 232 valence electrons. The summed E-state index contributed by atoms with van der Waals surface area (Å²) >= 11 is 0. The number of methoxy groups -OCH3 is 1. The van der Waals surface area contributed by atoms with Gasteiger partial charge in [0.2, 0.25) is 5.91 Å². The maximum atomic E-state index is 15.1. The second-order valence-corrected chi connectivity index (χ2v) is 13.0. The van der Waals surface area contributed by atoms with E-state index in [2.05, 4.69) is 10.6 Å². The van der Waals surface area contributed by atoms with Gasteiger partial charge in [0.25, 0.3) is 5.91 Å². The molecule has 3 fully saturated rings. The standard InChI is InChI=1S/C30H32F4N2O6S/c1-42-24-14-23(31)21(15-5-7-16(8-6-15)29(39)40)13-22(24)27(37)36-26-18-10-9-17(11-18)25(26)28(38)35-19-3-2-4-20(12-19)43(41)30(32,33)34/h2-4,12-18,25-26H,5-11H2,1H3,(H,35,38)(H,36,37)(H,39,40)/t15?,16?,17-,18+,25+,26-,43?/m1/s1. The maximum absolute atomic E-state index is 15.1. The van der Waals surface area contributed by atoms with Crippen molar-refractivity contribution < 1.29 is 46.0 Å². The summed E-state index contributed by atoms with van der Waals surface area (Å²) in [4.78, 5) is 37.9. The van der Waals surface area contributed by atoms with Gasteiger partial charge in [-0.1, -0.05) is 6.07 Å². The summed E-state index contributed by atoms with van der Waals surface area (Å²) in [6, 6.07) is 6.81. The predicted octanol–water partition coefficient (Wildman–Crippen LogP) is 5.60. The fraction of sp³-hybridized carbons (Fsp3) is 0.500. The van der Waals surface area contributed by atoms with E-state index in [4.69, 9.17) is 4.74 Å². The maximum Gasteiger partial charge on any atom is 0.475 e. The van der Waals surface area contributed by atoms with Crippen LogP contribution in [0.3, 0.4) is 0 Å². The van der Waals surface area contributed by atoms with Crippen molar-refractivity contribution in [3.63, 3.8) is 0 Å². The Kier molecular flexibility index (Phi) is 8.82. The molecule has 0 radical (unpaired) electrons. The monoisotopic (exact) mass is 624 g/mol. The predicted molar refractivity (Wildman–Crippen MR) is 148 cm³/mol. The largest absolute Gasteiger partial charge is 0.496 e. The third kappa shape index (κ3) is 6.41. The fourth-order valence-electron chi connectivity index (χ4n) is 7.04. The summed E-state index contributed by atoms with van der Waals surface area (Å²) in [6.07, 6.45) is 3.99. The SMILES string of the molecule is COc1cc(F)c(C2CCC(C(=O)O)CC2)cc1C(=O)N[C@@H]1[C@H]2CC[C@H](C2)[C@@H]1C(=O)Nc1cccc(S(=O)C(F)(F)F)c1. The van der Waals surface area contributed by atoms with E-state index in [9.17, 15) is 36.9 Å². The molecule has 3 N–H and O–H groups in total. The van der Waals surface area contributed by atoms with Gasteiger partial charge in [0.1, 0.15) is 11.6 Å². The average molecular weight is 625 g/mol. The Morgan fingerprint density at radius 2 is 1.70 bits per heavy atom. The van der Waals surface area contributed by atoms with Crippen LogP contribution in [0.5, 0.6) is 5.75 Å². The zero-order valence-corrected chi connectivity index (χ0v) is 24.1. The number of alkyl halides is 3. The van der Waals surface area contributed by atoms with Crippen LogP contribution in [0, 0.1) is 29.5 Å². The van der Waals surface area contributed by atoms with Crippen molar-refractivity contribution in [1.82, 2.24) is 5.32 Å². The molecule has 0 aliphatic heterocycles. The summed E-state index contributed by atoms with van der Waals surface area (Å²) in [5, 5.41) is 14.9. The molecule has 5 rings (SSSR count). The van der Waals surface area contributed by atoms with Gasteiger partial charge < -0.3 is 20.5 Å². The average Bonchev–Trinajstić information content (AvgIpc) is 3.58. The molecular formula is C30H32F4N2O6S. The highest BCUT2D eigenvalue weighted by atomic mass is 32.2. The van der Waals surface area contributed by atoms with Crippen molar-refractivity contribution in [2.24, 2.45) is 23.7 Å². The van der Waals surface area contributed by atoms with Gasteiger partial charge in [-0.2, -0.15) is 13.2 Å². The zero-order valence-electron chi connectivity index (χ0n) is 23.3. The van der Waals surface area contributed by atoms with E-state index in [0.29, 0.717) is 37.7 Å². The first-order chi connectivity index (χ1) is 20.4. The lowest BCUT2D eigenvalue weighted by Crippen LogP contribution is -2.48. The van der Waals surface area contributed by atoms with Crippen LogP contribution in [0.15, 0.2) is 41.3 Å². The Morgan fingerprint density at radius 3 is 2.35 bits per heavy atom. The molecule has 0 spiro atoms. The molecule has 0 saturated heterocycles. The van der Waals surface area contributed by atoms with Gasteiger partial charge >= 0.3 is 11.5 Å². The number of carboxylic acid groups (broad SMARTS) is 1. The Labute approximate surface area is 248 Å². The minimum absolute atomic E-state index is 0.00553. The van der Waals surface area contributed by atoms with Gasteiger partial charge in [-0.05, 0) is 92.5 Å². The minimum atomic E-state index is -4.94. The number of carboxylic acids is 1. The first-order valence-corrected chi connectivity index (χ1v) is 15.3. The number of hydrogen-bond acceptors (Lipinski definition) is 5. The van der Waals surface area contributed by atoms with Gasteiger partial charge in [-0.15, -0.1) is 0 Å². The Morgan fingerprint density at radius 1 is 1.00 bits per heavy atom. The van der Waals surface area contributed by atoms with Crippen molar-refractivity contribution in [3.8, 4) is 5.75 Å². The van der Waals surface area contributed by atoms with Gasteiger partial charge in [0.05, 0.1) is 24.5 Å². The summed E-state index contributed by atoms with van der Waals surface area (Å²) in [5.41, 5.74) is -4.46. The molecular weight excluding hydrogens is 592 g/mol. The van der Waals surface area contributed by atoms with Gasteiger partial charge in [0.15, 0.2) is 10.8 Å². The van der Waals surface area contributed by atoms with Crippen LogP contribution in [0.2, 0.25) is 0 Å². The van der Waals surface area contributed by atoms with Crippen molar-refractivity contribution in [2.75, 3.05) is 12.4 Å². The third-order valence-electron chi connectivity index (χ3n) is 9.12. The number of carbonyl (C=O) groups is 3. The molecule has 8 nitrogen and oxygen atoms in total. The number of fused-ring (bicyclic) bond motifs is 2. The van der Waals surface area contributed by atoms with E-state index in [1.807, 2.05) is 0 Å². The van der Waals surface area contributed by atoms with E-state index >= 15 is 4.39 Å². The third-order valence-corrected chi connectivity index (χ3v) is 10.2. The van der Waals surface area contributed by atoms with Crippen LogP contribution < -0.4 is 15.4 Å². The van der Waals surface area contributed by atoms with Crippen LogP contribution in [-0.4, -0.2) is 45.8 Å². The van der Waals surface area contributed by atoms with E-state index < -0.39 is 62.7 Å². The molecule has 3 saturated carbocycles. The summed E-state index contributed by atoms with van der Waals surface area (Å²) in [6.45, 7) is 0. The Balaban J connectivity index is 1.34. The first kappa shape index (κ1) is 31.0. The zero-order chi connectivity index (χ0) is 31.1. The highest BCUT2D eigenvalue weighted by molar-refractivity contribution is 7.86. The first-order valence-electron chi connectivity index (χ1n) is 14.2. The Bertz CT molecular complexity index is 1440. The number of carbonyl (C=O) groups excluding carboxylic acids is 2. The van der Waals surface area contributed by atoms with Crippen molar-refractivity contribution in [2.45, 2.75) is 67.3 Å². The molecule has 43 heavy (non-hydrogen) atoms. The van der Waals surface area contributed by atoms with E-state index in [1.165, 1.54) is 25.3 Å². The molecule has 3 aliphatic carbocycles. The molecule has 2 amide bonds. The fourth-order valence-corrected chi connectivity index (χ4v) is 7.74. The van der Waals surface area contributed by atoms with Crippen LogP contribution >= 0.6 is 0 Å². The van der Waals surface area contributed by atoms with E-state index in [1.54, 1.807) is 0 Å². The minimum Gasteiger partial charge on any atom is -0.496 e. The number of anilines is 1. The highest BCUT2D eigenvalue weighted by Crippen LogP contribution is 2.49. The van der Waals surface area contributed by atoms with Gasteiger partial charge in [-0.25, -0.2) is 8.60 Å². The highest BCUT2D eigenvalue weighted by Gasteiger charge is 2.51. The van der Waals surface area contributed by atoms with Crippen LogP contribution in [0.1, 0.15) is 66.8 Å². The van der Waals surface area contributed by atoms with Gasteiger partial charge in [-0.3, -0.25) is 14.4 Å². The molecule has 0 heterocycles. The Hall–Kier alpha value is -3.48. The molecule has 2 aromatic rings. The number of ether oxygens (including phenoxy) is 1. The lowest BCUT2D eigenvalue weighted by atomic mass is 9.78. The molecule has 13 heteroatoms. The van der Waals surface area contributed by atoms with Gasteiger partial charge in [0, 0.05) is 22.7 Å². The molecule has 5 atom stereocenters. The van der Waals surface area contributed by atoms with Crippen LogP contribution in [-0.2, 0) is 20.4 Å². The molecule has 3 aliphatic rings. The summed E-state index contributed by atoms with van der Waals surface area (Å²) in [5.74, 6) is -3.83. The van der Waals surface area contributed by atoms with E-state index in [-0.39, 0.29) is 34.8 Å². The number of aliphatic carboxylic acids is 1. The number of halogens is 4. The van der Waals surface area contributed by atoms with E-state index in [0.717, 1.165) is 31.0 Å². The summed E-state index contributed by atoms with van der Waals surface area (Å²) in [7, 11) is -1.93. The number of nitrogens with one attached hydrogen (secondary N) is 2. The number of rotatable bonds is 8. The smallest absolute Gasteiger partial charge is 0.475 e. The lowest BCUT2D eigenvalue weighted by molar-refractivity contribution is -0.142. The summed E-state index contributed by atoms with van der Waals surface area (Å²) < 4.78 is 71.1.